The van der Waals surface area contributed by atoms with Crippen LogP contribution in [0.4, 0.5) is 0 Å². The molecule has 3 atom stereocenters. The summed E-state index contributed by atoms with van der Waals surface area (Å²) >= 11 is 0. The third kappa shape index (κ3) is 2.57. The number of amides is 2. The number of nitrogens with zero attached hydrogens (tertiary/aromatic N) is 1. The fourth-order valence-electron chi connectivity index (χ4n) is 3.10. The number of carbonyl (C=O) groups is 2. The maximum absolute atomic E-state index is 11.9. The molecule has 18 heavy (non-hydrogen) atoms. The third-order valence-electron chi connectivity index (χ3n) is 4.02. The van der Waals surface area contributed by atoms with E-state index in [0.717, 1.165) is 12.8 Å². The number of aliphatic hydroxyl groups is 1. The molecule has 0 aromatic rings. The Labute approximate surface area is 107 Å². The minimum atomic E-state index is -0.409. The normalized spacial score (nSPS) is 34.2. The lowest BCUT2D eigenvalue weighted by atomic mass is 9.76. The summed E-state index contributed by atoms with van der Waals surface area (Å²) in [6, 6.07) is -0.169. The molecule has 0 aromatic heterocycles. The minimum absolute atomic E-state index is 0.0247. The predicted octanol–water partition coefficient (Wildman–Crippen LogP) is 0.557. The van der Waals surface area contributed by atoms with Gasteiger partial charge in [0.25, 0.3) is 11.8 Å². The van der Waals surface area contributed by atoms with Crippen molar-refractivity contribution in [3.63, 3.8) is 0 Å². The molecular formula is C13H21NO4. The Morgan fingerprint density at radius 1 is 1.22 bits per heavy atom. The molecule has 5 nitrogen and oxygen atoms in total. The highest BCUT2D eigenvalue weighted by molar-refractivity contribution is 5.98. The quantitative estimate of drug-likeness (QED) is 0.732. The average Bonchev–Trinajstić information content (AvgIpc) is 2.28. The second kappa shape index (κ2) is 5.36. The molecular weight excluding hydrogens is 234 g/mol. The number of ether oxygens (including phenoxy) is 1. The van der Waals surface area contributed by atoms with Crippen LogP contribution in [0.2, 0.25) is 0 Å². The lowest BCUT2D eigenvalue weighted by Gasteiger charge is -2.43. The smallest absolute Gasteiger partial charge is 0.255 e. The number of imide groups is 1. The largest absolute Gasteiger partial charge is 0.393 e. The first kappa shape index (κ1) is 13.5. The minimum Gasteiger partial charge on any atom is -0.393 e. The van der Waals surface area contributed by atoms with Crippen LogP contribution in [0.15, 0.2) is 0 Å². The number of hydrogen-bond donors (Lipinski definition) is 1. The molecule has 1 aliphatic carbocycles. The number of morpholine rings is 1. The fourth-order valence-corrected chi connectivity index (χ4v) is 3.10. The van der Waals surface area contributed by atoms with E-state index in [2.05, 4.69) is 13.8 Å². The summed E-state index contributed by atoms with van der Waals surface area (Å²) in [6.45, 7) is 4.15. The summed E-state index contributed by atoms with van der Waals surface area (Å²) in [5.74, 6) is 0.136. The number of hydrogen-bond acceptors (Lipinski definition) is 4. The molecule has 102 valence electrons. The van der Waals surface area contributed by atoms with Crippen LogP contribution < -0.4 is 0 Å². The van der Waals surface area contributed by atoms with Crippen molar-refractivity contribution < 1.29 is 19.4 Å². The van der Waals surface area contributed by atoms with E-state index in [1.807, 2.05) is 0 Å². The lowest BCUT2D eigenvalue weighted by Crippen LogP contribution is -2.56. The molecule has 0 aromatic carbocycles. The van der Waals surface area contributed by atoms with E-state index in [0.29, 0.717) is 12.3 Å². The van der Waals surface area contributed by atoms with Gasteiger partial charge in [0, 0.05) is 6.04 Å². The highest BCUT2D eigenvalue weighted by Crippen LogP contribution is 2.34. The van der Waals surface area contributed by atoms with Gasteiger partial charge in [-0.05, 0) is 31.1 Å². The Kier molecular flexibility index (Phi) is 4.02. The van der Waals surface area contributed by atoms with Crippen LogP contribution in [0.25, 0.3) is 0 Å². The first-order valence-corrected chi connectivity index (χ1v) is 6.61. The summed E-state index contributed by atoms with van der Waals surface area (Å²) in [7, 11) is 0. The van der Waals surface area contributed by atoms with Gasteiger partial charge < -0.3 is 9.84 Å². The van der Waals surface area contributed by atoms with Crippen molar-refractivity contribution >= 4 is 11.8 Å². The van der Waals surface area contributed by atoms with Crippen LogP contribution in [0, 0.1) is 11.8 Å². The maximum Gasteiger partial charge on any atom is 0.255 e. The Morgan fingerprint density at radius 3 is 2.39 bits per heavy atom. The number of rotatable bonds is 2. The second-order valence-electron chi connectivity index (χ2n) is 5.59. The predicted molar refractivity (Wildman–Crippen MR) is 64.6 cm³/mol. The molecule has 0 radical (unpaired) electrons. The van der Waals surface area contributed by atoms with Gasteiger partial charge in [-0.25, -0.2) is 0 Å². The summed E-state index contributed by atoms with van der Waals surface area (Å²) in [4.78, 5) is 25.1. The SMILES string of the molecule is CC(C)C1CCC(O)CC1N1C(=O)COCC1=O. The van der Waals surface area contributed by atoms with Crippen LogP contribution in [-0.2, 0) is 14.3 Å². The van der Waals surface area contributed by atoms with Crippen LogP contribution >= 0.6 is 0 Å². The molecule has 1 saturated heterocycles. The van der Waals surface area contributed by atoms with E-state index in [1.54, 1.807) is 0 Å². The summed E-state index contributed by atoms with van der Waals surface area (Å²) in [5.41, 5.74) is 0. The molecule has 2 aliphatic rings. The van der Waals surface area contributed by atoms with E-state index in [1.165, 1.54) is 4.90 Å². The maximum atomic E-state index is 11.9. The molecule has 2 fully saturated rings. The first-order valence-electron chi connectivity index (χ1n) is 6.61. The molecule has 2 rings (SSSR count). The molecule has 1 aliphatic heterocycles. The van der Waals surface area contributed by atoms with E-state index in [-0.39, 0.29) is 37.0 Å². The Hall–Kier alpha value is -0.940. The van der Waals surface area contributed by atoms with Crippen molar-refractivity contribution in [3.8, 4) is 0 Å². The summed E-state index contributed by atoms with van der Waals surface area (Å²) in [6.07, 6.45) is 1.71. The van der Waals surface area contributed by atoms with Gasteiger partial charge in [-0.1, -0.05) is 13.8 Å². The molecule has 0 spiro atoms. The zero-order valence-electron chi connectivity index (χ0n) is 11.0. The highest BCUT2D eigenvalue weighted by Gasteiger charge is 2.41. The molecule has 3 unspecified atom stereocenters. The Bertz CT molecular complexity index is 326. The van der Waals surface area contributed by atoms with Gasteiger partial charge in [-0.3, -0.25) is 14.5 Å². The van der Waals surface area contributed by atoms with E-state index >= 15 is 0 Å². The van der Waals surface area contributed by atoms with Crippen molar-refractivity contribution in [1.29, 1.82) is 0 Å². The zero-order valence-corrected chi connectivity index (χ0v) is 11.0. The topological polar surface area (TPSA) is 66.8 Å². The van der Waals surface area contributed by atoms with Crippen molar-refractivity contribution in [3.05, 3.63) is 0 Å². The van der Waals surface area contributed by atoms with Gasteiger partial charge in [-0.2, -0.15) is 0 Å². The van der Waals surface area contributed by atoms with Crippen LogP contribution in [0.3, 0.4) is 0 Å². The van der Waals surface area contributed by atoms with Gasteiger partial charge in [0.1, 0.15) is 13.2 Å². The fraction of sp³-hybridized carbons (Fsp3) is 0.846. The Balaban J connectivity index is 2.20. The monoisotopic (exact) mass is 255 g/mol. The van der Waals surface area contributed by atoms with Crippen molar-refractivity contribution in [2.75, 3.05) is 13.2 Å². The third-order valence-corrected chi connectivity index (χ3v) is 4.02. The van der Waals surface area contributed by atoms with Crippen LogP contribution in [0.1, 0.15) is 33.1 Å². The molecule has 2 amide bonds. The summed E-state index contributed by atoms with van der Waals surface area (Å²) < 4.78 is 4.93. The average molecular weight is 255 g/mol. The van der Waals surface area contributed by atoms with Crippen molar-refractivity contribution in [1.82, 2.24) is 4.90 Å². The lowest BCUT2D eigenvalue weighted by molar-refractivity contribution is -0.165. The van der Waals surface area contributed by atoms with Crippen LogP contribution in [0.5, 0.6) is 0 Å². The van der Waals surface area contributed by atoms with Gasteiger partial charge in [-0.15, -0.1) is 0 Å². The molecule has 1 saturated carbocycles. The molecule has 1 N–H and O–H groups in total. The van der Waals surface area contributed by atoms with Crippen molar-refractivity contribution in [2.45, 2.75) is 45.3 Å². The van der Waals surface area contributed by atoms with E-state index < -0.39 is 6.10 Å². The number of aliphatic hydroxyl groups excluding tert-OH is 1. The molecule has 0 bridgehead atoms. The number of carbonyl (C=O) groups excluding carboxylic acids is 2. The standard InChI is InChI=1S/C13H21NO4/c1-8(2)10-4-3-9(15)5-11(10)14-12(16)6-18-7-13(14)17/h8-11,15H,3-7H2,1-2H3. The highest BCUT2D eigenvalue weighted by atomic mass is 16.5. The second-order valence-corrected chi connectivity index (χ2v) is 5.59. The van der Waals surface area contributed by atoms with Crippen LogP contribution in [-0.4, -0.2) is 47.2 Å². The summed E-state index contributed by atoms with van der Waals surface area (Å²) in [5, 5.41) is 9.80. The molecule has 5 heteroatoms. The van der Waals surface area contributed by atoms with Crippen molar-refractivity contribution in [2.24, 2.45) is 11.8 Å². The van der Waals surface area contributed by atoms with Gasteiger partial charge >= 0.3 is 0 Å². The van der Waals surface area contributed by atoms with E-state index in [9.17, 15) is 14.7 Å². The molecule has 1 heterocycles. The first-order chi connectivity index (χ1) is 8.50. The van der Waals surface area contributed by atoms with Gasteiger partial charge in [0.15, 0.2) is 0 Å². The van der Waals surface area contributed by atoms with E-state index in [4.69, 9.17) is 4.74 Å². The zero-order chi connectivity index (χ0) is 13.3. The van der Waals surface area contributed by atoms with Gasteiger partial charge in [0.2, 0.25) is 0 Å². The Morgan fingerprint density at radius 2 is 1.83 bits per heavy atom. The van der Waals surface area contributed by atoms with Gasteiger partial charge in [0.05, 0.1) is 6.10 Å².